The van der Waals surface area contributed by atoms with Gasteiger partial charge in [0, 0.05) is 18.0 Å². The van der Waals surface area contributed by atoms with E-state index in [0.717, 1.165) is 28.2 Å². The number of rotatable bonds is 8. The van der Waals surface area contributed by atoms with Crippen LogP contribution in [0.4, 0.5) is 0 Å². The van der Waals surface area contributed by atoms with Crippen molar-refractivity contribution in [3.8, 4) is 17.0 Å². The molecular weight excluding hydrogens is 351 g/mol. The maximum Gasteiger partial charge on any atom is 0.335 e. The van der Waals surface area contributed by atoms with E-state index in [0.29, 0.717) is 13.2 Å². The van der Waals surface area contributed by atoms with E-state index in [9.17, 15) is 4.57 Å². The standard InChI is InChI=1S/C19H23N2O4P/c1-4-24-26(22,25-5-2)14-15-10-11-21-13-18(20-19(21)12-15)16-6-8-17(23-3)9-7-16/h6-13H,4-5,14H2,1-3H3. The summed E-state index contributed by atoms with van der Waals surface area (Å²) in [6, 6.07) is 11.6. The molecule has 0 saturated carbocycles. The highest BCUT2D eigenvalue weighted by Gasteiger charge is 2.24. The van der Waals surface area contributed by atoms with E-state index in [-0.39, 0.29) is 6.16 Å². The van der Waals surface area contributed by atoms with Gasteiger partial charge < -0.3 is 18.2 Å². The Labute approximate surface area is 153 Å². The second-order valence-electron chi connectivity index (χ2n) is 5.76. The van der Waals surface area contributed by atoms with Gasteiger partial charge in [-0.15, -0.1) is 0 Å². The van der Waals surface area contributed by atoms with Crippen LogP contribution in [-0.4, -0.2) is 29.7 Å². The number of benzene rings is 1. The molecule has 0 aliphatic rings. The molecule has 2 aromatic heterocycles. The van der Waals surface area contributed by atoms with E-state index in [2.05, 4.69) is 4.98 Å². The van der Waals surface area contributed by atoms with Crippen molar-refractivity contribution in [2.45, 2.75) is 20.0 Å². The molecule has 0 saturated heterocycles. The normalized spacial score (nSPS) is 11.8. The van der Waals surface area contributed by atoms with Gasteiger partial charge in [0.25, 0.3) is 0 Å². The van der Waals surface area contributed by atoms with Gasteiger partial charge in [-0.05, 0) is 55.8 Å². The SMILES string of the molecule is CCOP(=O)(Cc1ccn2cc(-c3ccc(OC)cc3)nc2c1)OCC. The number of aromatic nitrogens is 2. The minimum atomic E-state index is -3.13. The molecule has 3 aromatic rings. The maximum absolute atomic E-state index is 12.7. The highest BCUT2D eigenvalue weighted by molar-refractivity contribution is 7.53. The fourth-order valence-corrected chi connectivity index (χ4v) is 4.46. The Morgan fingerprint density at radius 3 is 2.38 bits per heavy atom. The minimum Gasteiger partial charge on any atom is -0.497 e. The molecule has 0 amide bonds. The van der Waals surface area contributed by atoms with Gasteiger partial charge in [0.2, 0.25) is 0 Å². The quantitative estimate of drug-likeness (QED) is 0.531. The summed E-state index contributed by atoms with van der Waals surface area (Å²) in [5, 5.41) is 0. The molecule has 0 aliphatic carbocycles. The fourth-order valence-electron chi connectivity index (χ4n) is 2.77. The molecule has 0 aliphatic heterocycles. The number of pyridine rings is 1. The van der Waals surface area contributed by atoms with Crippen LogP contribution in [0.25, 0.3) is 16.9 Å². The molecule has 26 heavy (non-hydrogen) atoms. The molecule has 0 spiro atoms. The first-order valence-electron chi connectivity index (χ1n) is 8.57. The molecule has 3 rings (SSSR count). The Hall–Kier alpha value is -2.14. The van der Waals surface area contributed by atoms with Crippen molar-refractivity contribution in [1.29, 1.82) is 0 Å². The second kappa shape index (κ2) is 8.04. The molecule has 138 valence electrons. The maximum atomic E-state index is 12.7. The Kier molecular flexibility index (Phi) is 5.77. The summed E-state index contributed by atoms with van der Waals surface area (Å²) in [5.74, 6) is 0.808. The van der Waals surface area contributed by atoms with Crippen LogP contribution in [0.5, 0.6) is 5.75 Å². The molecule has 0 atom stereocenters. The second-order valence-corrected chi connectivity index (χ2v) is 7.81. The Morgan fingerprint density at radius 1 is 1.08 bits per heavy atom. The van der Waals surface area contributed by atoms with Gasteiger partial charge in [0.15, 0.2) is 0 Å². The lowest BCUT2D eigenvalue weighted by atomic mass is 10.2. The van der Waals surface area contributed by atoms with Gasteiger partial charge >= 0.3 is 7.60 Å². The van der Waals surface area contributed by atoms with E-state index < -0.39 is 7.60 Å². The molecule has 0 unspecified atom stereocenters. The van der Waals surface area contributed by atoms with Gasteiger partial charge in [0.1, 0.15) is 11.4 Å². The highest BCUT2D eigenvalue weighted by atomic mass is 31.2. The number of ether oxygens (including phenoxy) is 1. The summed E-state index contributed by atoms with van der Waals surface area (Å²) in [7, 11) is -1.49. The number of hydrogen-bond acceptors (Lipinski definition) is 5. The fraction of sp³-hybridized carbons (Fsp3) is 0.316. The zero-order valence-corrected chi connectivity index (χ0v) is 16.1. The topological polar surface area (TPSA) is 62.1 Å². The van der Waals surface area contributed by atoms with Crippen molar-refractivity contribution in [2.24, 2.45) is 0 Å². The summed E-state index contributed by atoms with van der Waals surface area (Å²) in [5.41, 5.74) is 3.52. The number of fused-ring (bicyclic) bond motifs is 1. The van der Waals surface area contributed by atoms with Crippen molar-refractivity contribution in [3.05, 3.63) is 54.4 Å². The van der Waals surface area contributed by atoms with Gasteiger partial charge in [-0.25, -0.2) is 4.98 Å². The number of hydrogen-bond donors (Lipinski definition) is 0. The molecular formula is C19H23N2O4P. The van der Waals surface area contributed by atoms with Crippen LogP contribution in [0, 0.1) is 0 Å². The smallest absolute Gasteiger partial charge is 0.335 e. The summed E-state index contributed by atoms with van der Waals surface area (Å²) >= 11 is 0. The molecule has 0 bridgehead atoms. The molecule has 0 fully saturated rings. The minimum absolute atomic E-state index is 0.232. The van der Waals surface area contributed by atoms with E-state index in [1.54, 1.807) is 7.11 Å². The van der Waals surface area contributed by atoms with E-state index in [1.807, 2.05) is 67.0 Å². The van der Waals surface area contributed by atoms with Crippen molar-refractivity contribution in [2.75, 3.05) is 20.3 Å². The van der Waals surface area contributed by atoms with Crippen molar-refractivity contribution in [1.82, 2.24) is 9.38 Å². The van der Waals surface area contributed by atoms with Gasteiger partial charge in [-0.2, -0.15) is 0 Å². The van der Waals surface area contributed by atoms with Gasteiger partial charge in [0.05, 0.1) is 32.2 Å². The average Bonchev–Trinajstić information content (AvgIpc) is 3.05. The van der Waals surface area contributed by atoms with Gasteiger partial charge in [-0.1, -0.05) is 0 Å². The zero-order chi connectivity index (χ0) is 18.6. The van der Waals surface area contributed by atoms with Crippen molar-refractivity contribution < 1.29 is 18.3 Å². The van der Waals surface area contributed by atoms with Crippen LogP contribution in [0.3, 0.4) is 0 Å². The third-order valence-corrected chi connectivity index (χ3v) is 5.99. The Balaban J connectivity index is 1.88. The average molecular weight is 374 g/mol. The van der Waals surface area contributed by atoms with E-state index in [1.165, 1.54) is 0 Å². The van der Waals surface area contributed by atoms with E-state index in [4.69, 9.17) is 13.8 Å². The lowest BCUT2D eigenvalue weighted by Gasteiger charge is -2.16. The summed E-state index contributed by atoms with van der Waals surface area (Å²) < 4.78 is 30.6. The molecule has 7 heteroatoms. The largest absolute Gasteiger partial charge is 0.497 e. The zero-order valence-electron chi connectivity index (χ0n) is 15.2. The number of imidazole rings is 1. The first-order valence-corrected chi connectivity index (χ1v) is 10.3. The van der Waals surface area contributed by atoms with Crippen LogP contribution >= 0.6 is 7.60 Å². The predicted octanol–water partition coefficient (Wildman–Crippen LogP) is 4.78. The molecule has 0 radical (unpaired) electrons. The van der Waals surface area contributed by atoms with Crippen molar-refractivity contribution >= 4 is 13.2 Å². The molecule has 2 heterocycles. The van der Waals surface area contributed by atoms with Crippen LogP contribution in [-0.2, 0) is 19.8 Å². The van der Waals surface area contributed by atoms with E-state index >= 15 is 0 Å². The Morgan fingerprint density at radius 2 is 1.77 bits per heavy atom. The first kappa shape index (κ1) is 18.6. The summed E-state index contributed by atoms with van der Waals surface area (Å²) in [6.45, 7) is 4.32. The monoisotopic (exact) mass is 374 g/mol. The van der Waals surface area contributed by atoms with Gasteiger partial charge in [-0.3, -0.25) is 4.57 Å². The number of methoxy groups -OCH3 is 1. The Bertz CT molecular complexity index is 911. The molecule has 1 aromatic carbocycles. The predicted molar refractivity (Wildman–Crippen MR) is 102 cm³/mol. The third kappa shape index (κ3) is 4.15. The molecule has 0 N–H and O–H groups in total. The highest BCUT2D eigenvalue weighted by Crippen LogP contribution is 2.51. The lowest BCUT2D eigenvalue weighted by molar-refractivity contribution is 0.219. The van der Waals surface area contributed by atoms with Crippen LogP contribution in [0.2, 0.25) is 0 Å². The third-order valence-electron chi connectivity index (χ3n) is 3.94. The lowest BCUT2D eigenvalue weighted by Crippen LogP contribution is -1.99. The summed E-state index contributed by atoms with van der Waals surface area (Å²) in [4.78, 5) is 4.67. The summed E-state index contributed by atoms with van der Waals surface area (Å²) in [6.07, 6.45) is 4.11. The van der Waals surface area contributed by atoms with Crippen LogP contribution in [0.1, 0.15) is 19.4 Å². The molecule has 6 nitrogen and oxygen atoms in total. The van der Waals surface area contributed by atoms with Crippen molar-refractivity contribution in [3.63, 3.8) is 0 Å². The number of nitrogens with zero attached hydrogens (tertiary/aromatic N) is 2. The first-order chi connectivity index (χ1) is 12.6. The van der Waals surface area contributed by atoms with Crippen LogP contribution in [0.15, 0.2) is 48.8 Å². The van der Waals surface area contributed by atoms with Crippen LogP contribution < -0.4 is 4.74 Å².